The zero-order chi connectivity index (χ0) is 16.9. The topological polar surface area (TPSA) is 37.4 Å². The highest BCUT2D eigenvalue weighted by Crippen LogP contribution is 2.23. The lowest BCUT2D eigenvalue weighted by atomic mass is 9.90. The van der Waals surface area contributed by atoms with Crippen LogP contribution in [0.15, 0.2) is 54.6 Å². The molecule has 0 spiro atoms. The highest BCUT2D eigenvalue weighted by molar-refractivity contribution is 6.30. The number of likely N-dealkylation sites (tertiary alicyclic amines) is 1. The van der Waals surface area contributed by atoms with Gasteiger partial charge in [0.25, 0.3) is 5.91 Å². The third-order valence-corrected chi connectivity index (χ3v) is 4.72. The van der Waals surface area contributed by atoms with E-state index in [2.05, 4.69) is 0 Å². The zero-order valence-electron chi connectivity index (χ0n) is 13.5. The molecule has 3 rings (SSSR count). The Hall–Kier alpha value is -2.13. The Morgan fingerprint density at radius 2 is 1.71 bits per heavy atom. The molecule has 0 bridgehead atoms. The lowest BCUT2D eigenvalue weighted by Gasteiger charge is -2.32. The van der Waals surface area contributed by atoms with Gasteiger partial charge in [0.2, 0.25) is 0 Å². The van der Waals surface area contributed by atoms with Crippen molar-refractivity contribution in [3.8, 4) is 0 Å². The van der Waals surface area contributed by atoms with Crippen LogP contribution in [0, 0.1) is 5.92 Å². The molecule has 0 aliphatic carbocycles. The summed E-state index contributed by atoms with van der Waals surface area (Å²) in [7, 11) is 0. The lowest BCUT2D eigenvalue weighted by molar-refractivity contribution is 0.0652. The maximum Gasteiger partial charge on any atom is 0.253 e. The van der Waals surface area contributed by atoms with Gasteiger partial charge in [-0.1, -0.05) is 29.8 Å². The predicted octanol–water partition coefficient (Wildman–Crippen LogP) is 4.47. The highest BCUT2D eigenvalue weighted by atomic mass is 35.5. The second-order valence-electron chi connectivity index (χ2n) is 6.26. The number of hydrogen-bond acceptors (Lipinski definition) is 2. The molecular weight excluding hydrogens is 322 g/mol. The van der Waals surface area contributed by atoms with E-state index in [9.17, 15) is 9.59 Å². The molecule has 1 aliphatic heterocycles. The average Bonchev–Trinajstić information content (AvgIpc) is 2.62. The summed E-state index contributed by atoms with van der Waals surface area (Å²) in [6.45, 7) is 1.41. The number of carbonyl (C=O) groups excluding carboxylic acids is 2. The van der Waals surface area contributed by atoms with E-state index in [1.54, 1.807) is 24.3 Å². The van der Waals surface area contributed by atoms with Crippen molar-refractivity contribution in [3.05, 3.63) is 70.7 Å². The fraction of sp³-hybridized carbons (Fsp3) is 0.300. The van der Waals surface area contributed by atoms with Crippen molar-refractivity contribution in [2.24, 2.45) is 5.92 Å². The number of ketones is 1. The van der Waals surface area contributed by atoms with E-state index in [-0.39, 0.29) is 17.6 Å². The number of nitrogens with zero attached hydrogens (tertiary/aromatic N) is 1. The van der Waals surface area contributed by atoms with Crippen molar-refractivity contribution >= 4 is 23.3 Å². The van der Waals surface area contributed by atoms with Gasteiger partial charge in [0.15, 0.2) is 5.78 Å². The first kappa shape index (κ1) is 16.7. The Morgan fingerprint density at radius 3 is 2.42 bits per heavy atom. The fourth-order valence-electron chi connectivity index (χ4n) is 3.20. The molecule has 1 aliphatic rings. The third kappa shape index (κ3) is 4.04. The first-order valence-electron chi connectivity index (χ1n) is 8.26. The van der Waals surface area contributed by atoms with Crippen LogP contribution in [0.25, 0.3) is 0 Å². The Balaban J connectivity index is 1.62. The molecule has 3 nitrogen and oxygen atoms in total. The molecule has 0 unspecified atom stereocenters. The summed E-state index contributed by atoms with van der Waals surface area (Å²) in [5.41, 5.74) is 1.40. The van der Waals surface area contributed by atoms with Crippen molar-refractivity contribution < 1.29 is 9.59 Å². The van der Waals surface area contributed by atoms with Crippen LogP contribution in [0.3, 0.4) is 0 Å². The SMILES string of the molecule is O=C(C[C@@H]1CCCN(C(=O)c2ccccc2)C1)c1ccc(Cl)cc1. The van der Waals surface area contributed by atoms with Crippen LogP contribution in [0.1, 0.15) is 40.0 Å². The van der Waals surface area contributed by atoms with Crippen LogP contribution in [0.2, 0.25) is 5.02 Å². The number of piperidine rings is 1. The number of amides is 1. The number of halogens is 1. The van der Waals surface area contributed by atoms with Crippen molar-refractivity contribution in [2.45, 2.75) is 19.3 Å². The van der Waals surface area contributed by atoms with Crippen LogP contribution in [0.4, 0.5) is 0 Å². The first-order valence-corrected chi connectivity index (χ1v) is 8.64. The molecule has 4 heteroatoms. The molecule has 124 valence electrons. The largest absolute Gasteiger partial charge is 0.338 e. The second kappa shape index (κ2) is 7.63. The summed E-state index contributed by atoms with van der Waals surface area (Å²) in [6, 6.07) is 16.3. The van der Waals surface area contributed by atoms with Gasteiger partial charge in [-0.05, 0) is 55.2 Å². The summed E-state index contributed by atoms with van der Waals surface area (Å²) in [6.07, 6.45) is 2.40. The van der Waals surface area contributed by atoms with E-state index in [4.69, 9.17) is 11.6 Å². The molecule has 0 N–H and O–H groups in total. The van der Waals surface area contributed by atoms with Crippen LogP contribution in [-0.4, -0.2) is 29.7 Å². The number of benzene rings is 2. The Kier molecular flexibility index (Phi) is 5.31. The van der Waals surface area contributed by atoms with Gasteiger partial charge in [0, 0.05) is 35.7 Å². The minimum Gasteiger partial charge on any atom is -0.338 e. The molecular formula is C20H20ClNO2. The summed E-state index contributed by atoms with van der Waals surface area (Å²) < 4.78 is 0. The second-order valence-corrected chi connectivity index (χ2v) is 6.70. The molecule has 0 aromatic heterocycles. The van der Waals surface area contributed by atoms with Gasteiger partial charge in [-0.2, -0.15) is 0 Å². The first-order chi connectivity index (χ1) is 11.6. The molecule has 2 aromatic rings. The molecule has 1 amide bonds. The standard InChI is InChI=1S/C20H20ClNO2/c21-18-10-8-16(9-11-18)19(23)13-15-5-4-12-22(14-15)20(24)17-6-2-1-3-7-17/h1-3,6-11,15H,4-5,12-14H2/t15-/m0/s1. The van der Waals surface area contributed by atoms with E-state index in [1.807, 2.05) is 35.2 Å². The molecule has 1 fully saturated rings. The van der Waals surface area contributed by atoms with Gasteiger partial charge in [0.1, 0.15) is 0 Å². The van der Waals surface area contributed by atoms with Gasteiger partial charge < -0.3 is 4.90 Å². The van der Waals surface area contributed by atoms with Gasteiger partial charge in [-0.25, -0.2) is 0 Å². The normalized spacial score (nSPS) is 17.5. The van der Waals surface area contributed by atoms with Crippen molar-refractivity contribution in [3.63, 3.8) is 0 Å². The van der Waals surface area contributed by atoms with Crippen molar-refractivity contribution in [1.82, 2.24) is 4.90 Å². The number of hydrogen-bond donors (Lipinski definition) is 0. The van der Waals surface area contributed by atoms with Gasteiger partial charge in [-0.3, -0.25) is 9.59 Å². The number of Topliss-reactive ketones (excluding diaryl/α,β-unsaturated/α-hetero) is 1. The summed E-state index contributed by atoms with van der Waals surface area (Å²) in [5.74, 6) is 0.388. The monoisotopic (exact) mass is 341 g/mol. The smallest absolute Gasteiger partial charge is 0.253 e. The molecule has 0 radical (unpaired) electrons. The van der Waals surface area contributed by atoms with Gasteiger partial charge in [0.05, 0.1) is 0 Å². The molecule has 1 atom stereocenters. The van der Waals surface area contributed by atoms with Crippen LogP contribution in [0.5, 0.6) is 0 Å². The van der Waals surface area contributed by atoms with E-state index in [0.29, 0.717) is 29.1 Å². The summed E-state index contributed by atoms with van der Waals surface area (Å²) in [5, 5.41) is 0.629. The van der Waals surface area contributed by atoms with Crippen molar-refractivity contribution in [1.29, 1.82) is 0 Å². The van der Waals surface area contributed by atoms with Crippen molar-refractivity contribution in [2.75, 3.05) is 13.1 Å². The summed E-state index contributed by atoms with van der Waals surface area (Å²) >= 11 is 5.86. The molecule has 0 saturated carbocycles. The fourth-order valence-corrected chi connectivity index (χ4v) is 3.32. The molecule has 24 heavy (non-hydrogen) atoms. The zero-order valence-corrected chi connectivity index (χ0v) is 14.2. The highest BCUT2D eigenvalue weighted by Gasteiger charge is 2.26. The Bertz CT molecular complexity index is 712. The van der Waals surface area contributed by atoms with Crippen LogP contribution >= 0.6 is 11.6 Å². The minimum atomic E-state index is 0.0549. The molecule has 2 aromatic carbocycles. The minimum absolute atomic E-state index is 0.0549. The van der Waals surface area contributed by atoms with E-state index < -0.39 is 0 Å². The third-order valence-electron chi connectivity index (χ3n) is 4.47. The van der Waals surface area contributed by atoms with Crippen LogP contribution in [-0.2, 0) is 0 Å². The van der Waals surface area contributed by atoms with Gasteiger partial charge >= 0.3 is 0 Å². The Morgan fingerprint density at radius 1 is 1.00 bits per heavy atom. The molecule has 1 heterocycles. The maximum atomic E-state index is 12.6. The lowest BCUT2D eigenvalue weighted by Crippen LogP contribution is -2.40. The van der Waals surface area contributed by atoms with E-state index in [0.717, 1.165) is 19.4 Å². The predicted molar refractivity (Wildman–Crippen MR) is 95.5 cm³/mol. The van der Waals surface area contributed by atoms with E-state index in [1.165, 1.54) is 0 Å². The quantitative estimate of drug-likeness (QED) is 0.770. The average molecular weight is 342 g/mol. The Labute approximate surface area is 147 Å². The maximum absolute atomic E-state index is 12.6. The number of rotatable bonds is 4. The summed E-state index contributed by atoms with van der Waals surface area (Å²) in [4.78, 5) is 26.9. The molecule has 1 saturated heterocycles. The van der Waals surface area contributed by atoms with Crippen LogP contribution < -0.4 is 0 Å². The van der Waals surface area contributed by atoms with Gasteiger partial charge in [-0.15, -0.1) is 0 Å². The van der Waals surface area contributed by atoms with E-state index >= 15 is 0 Å². The number of carbonyl (C=O) groups is 2.